The summed E-state index contributed by atoms with van der Waals surface area (Å²) < 4.78 is 26.8. The van der Waals surface area contributed by atoms with E-state index in [1.165, 1.54) is 4.90 Å². The van der Waals surface area contributed by atoms with Crippen molar-refractivity contribution in [3.8, 4) is 0 Å². The summed E-state index contributed by atoms with van der Waals surface area (Å²) >= 11 is 12.5. The van der Waals surface area contributed by atoms with Crippen molar-refractivity contribution < 1.29 is 18.0 Å². The minimum absolute atomic E-state index is 0.0375. The second-order valence-electron chi connectivity index (χ2n) is 9.73. The normalized spacial score (nSPS) is 14.9. The van der Waals surface area contributed by atoms with E-state index < -0.39 is 28.5 Å². The van der Waals surface area contributed by atoms with E-state index >= 15 is 0 Å². The van der Waals surface area contributed by atoms with Gasteiger partial charge in [-0.25, -0.2) is 8.42 Å². The van der Waals surface area contributed by atoms with E-state index in [0.717, 1.165) is 47.4 Å². The maximum atomic E-state index is 13.9. The van der Waals surface area contributed by atoms with Crippen molar-refractivity contribution in [3.05, 3.63) is 63.1 Å². The highest BCUT2D eigenvalue weighted by Crippen LogP contribution is 2.27. The van der Waals surface area contributed by atoms with Crippen LogP contribution in [0.15, 0.2) is 36.4 Å². The number of rotatable bonds is 10. The van der Waals surface area contributed by atoms with Gasteiger partial charge < -0.3 is 10.2 Å². The average Bonchev–Trinajstić information content (AvgIpc) is 3.32. The first kappa shape index (κ1) is 29.3. The summed E-state index contributed by atoms with van der Waals surface area (Å²) in [5.74, 6) is -0.740. The molecule has 0 spiro atoms. The third-order valence-electron chi connectivity index (χ3n) is 6.76. The Balaban J connectivity index is 1.98. The summed E-state index contributed by atoms with van der Waals surface area (Å²) in [4.78, 5) is 28.7. The number of hydrogen-bond acceptors (Lipinski definition) is 4. The van der Waals surface area contributed by atoms with Gasteiger partial charge in [-0.2, -0.15) is 0 Å². The minimum atomic E-state index is -3.80. The Labute approximate surface area is 230 Å². The third-order valence-corrected chi connectivity index (χ3v) is 8.47. The van der Waals surface area contributed by atoms with E-state index in [1.54, 1.807) is 31.2 Å². The van der Waals surface area contributed by atoms with Gasteiger partial charge in [0.25, 0.3) is 0 Å². The van der Waals surface area contributed by atoms with Crippen LogP contribution in [-0.4, -0.2) is 50.0 Å². The number of nitrogens with one attached hydrogen (secondary N) is 1. The molecule has 1 fully saturated rings. The van der Waals surface area contributed by atoms with E-state index in [0.29, 0.717) is 27.7 Å². The molecule has 0 aliphatic heterocycles. The highest BCUT2D eigenvalue weighted by atomic mass is 35.5. The van der Waals surface area contributed by atoms with Crippen LogP contribution in [-0.2, 0) is 26.2 Å². The van der Waals surface area contributed by atoms with Gasteiger partial charge in [0.15, 0.2) is 0 Å². The van der Waals surface area contributed by atoms with Crippen molar-refractivity contribution in [1.29, 1.82) is 0 Å². The molecular formula is C27H35Cl2N3O4S. The predicted molar refractivity (Wildman–Crippen MR) is 150 cm³/mol. The number of halogens is 2. The van der Waals surface area contributed by atoms with Gasteiger partial charge >= 0.3 is 0 Å². The lowest BCUT2D eigenvalue weighted by Gasteiger charge is -2.34. The lowest BCUT2D eigenvalue weighted by atomic mass is 10.1. The zero-order chi connectivity index (χ0) is 27.3. The molecule has 2 aromatic carbocycles. The standard InChI is InChI=1S/C27H35Cl2N3O4S/c1-5-24(27(34)30-22-8-6-7-9-22)31(16-20-12-13-21(28)15-23(20)29)26(33)17-32(37(4,35)36)25-14-18(2)10-11-19(25)3/h10-15,22,24H,5-9,16-17H2,1-4H3,(H,30,34)/t24-/m0/s1. The Kier molecular flexibility index (Phi) is 9.89. The first-order chi connectivity index (χ1) is 17.4. The molecule has 0 unspecified atom stereocenters. The molecule has 0 aromatic heterocycles. The van der Waals surface area contributed by atoms with Crippen molar-refractivity contribution in [2.75, 3.05) is 17.1 Å². The number of benzene rings is 2. The molecule has 1 saturated carbocycles. The molecule has 0 bridgehead atoms. The summed E-state index contributed by atoms with van der Waals surface area (Å²) in [6.07, 6.45) is 5.37. The molecule has 3 rings (SSSR count). The summed E-state index contributed by atoms with van der Waals surface area (Å²) in [5.41, 5.74) is 2.64. The van der Waals surface area contributed by atoms with Crippen molar-refractivity contribution in [1.82, 2.24) is 10.2 Å². The maximum Gasteiger partial charge on any atom is 0.244 e. The van der Waals surface area contributed by atoms with Gasteiger partial charge in [0, 0.05) is 22.6 Å². The first-order valence-electron chi connectivity index (χ1n) is 12.5. The van der Waals surface area contributed by atoms with Gasteiger partial charge in [-0.15, -0.1) is 0 Å². The lowest BCUT2D eigenvalue weighted by molar-refractivity contribution is -0.140. The van der Waals surface area contributed by atoms with E-state index in [-0.39, 0.29) is 18.5 Å². The van der Waals surface area contributed by atoms with Crippen LogP contribution in [0.5, 0.6) is 0 Å². The second kappa shape index (κ2) is 12.5. The largest absolute Gasteiger partial charge is 0.352 e. The van der Waals surface area contributed by atoms with Crippen LogP contribution in [0.25, 0.3) is 0 Å². The Bertz CT molecular complexity index is 1250. The summed E-state index contributed by atoms with van der Waals surface area (Å²) in [6, 6.07) is 9.71. The quantitative estimate of drug-likeness (QED) is 0.425. The van der Waals surface area contributed by atoms with Gasteiger partial charge in [0.05, 0.1) is 11.9 Å². The van der Waals surface area contributed by atoms with Gasteiger partial charge in [-0.05, 0) is 68.0 Å². The summed E-state index contributed by atoms with van der Waals surface area (Å²) in [6.45, 7) is 5.09. The molecule has 1 atom stereocenters. The van der Waals surface area contributed by atoms with Crippen molar-refractivity contribution in [2.24, 2.45) is 0 Å². The minimum Gasteiger partial charge on any atom is -0.352 e. The molecule has 1 aliphatic carbocycles. The van der Waals surface area contributed by atoms with Crippen LogP contribution < -0.4 is 9.62 Å². The maximum absolute atomic E-state index is 13.9. The number of nitrogens with zero attached hydrogens (tertiary/aromatic N) is 2. The molecule has 7 nitrogen and oxygen atoms in total. The Morgan fingerprint density at radius 1 is 1.08 bits per heavy atom. The topological polar surface area (TPSA) is 86.8 Å². The monoisotopic (exact) mass is 567 g/mol. The number of amides is 2. The molecule has 0 heterocycles. The smallest absolute Gasteiger partial charge is 0.244 e. The van der Waals surface area contributed by atoms with Crippen molar-refractivity contribution in [2.45, 2.75) is 71.5 Å². The zero-order valence-corrected chi connectivity index (χ0v) is 24.1. The number of carbonyl (C=O) groups is 2. The van der Waals surface area contributed by atoms with Crippen LogP contribution in [0, 0.1) is 13.8 Å². The number of hydrogen-bond donors (Lipinski definition) is 1. The molecule has 1 aliphatic rings. The fourth-order valence-corrected chi connectivity index (χ4v) is 6.07. The third kappa shape index (κ3) is 7.62. The lowest BCUT2D eigenvalue weighted by Crippen LogP contribution is -2.53. The first-order valence-corrected chi connectivity index (χ1v) is 15.1. The average molecular weight is 569 g/mol. The van der Waals surface area contributed by atoms with Crippen molar-refractivity contribution >= 4 is 50.7 Å². The van der Waals surface area contributed by atoms with Gasteiger partial charge in [-0.3, -0.25) is 13.9 Å². The number of carbonyl (C=O) groups excluding carboxylic acids is 2. The van der Waals surface area contributed by atoms with Crippen LogP contribution in [0.2, 0.25) is 10.0 Å². The van der Waals surface area contributed by atoms with E-state index in [1.807, 2.05) is 26.0 Å². The van der Waals surface area contributed by atoms with Gasteiger partial charge in [0.1, 0.15) is 12.6 Å². The van der Waals surface area contributed by atoms with Crippen LogP contribution in [0.3, 0.4) is 0 Å². The molecular weight excluding hydrogens is 533 g/mol. The molecule has 1 N–H and O–H groups in total. The molecule has 0 radical (unpaired) electrons. The van der Waals surface area contributed by atoms with Crippen LogP contribution in [0.4, 0.5) is 5.69 Å². The predicted octanol–water partition coefficient (Wildman–Crippen LogP) is 5.24. The van der Waals surface area contributed by atoms with E-state index in [4.69, 9.17) is 23.2 Å². The number of sulfonamides is 1. The van der Waals surface area contributed by atoms with Gasteiger partial charge in [0.2, 0.25) is 21.8 Å². The Morgan fingerprint density at radius 2 is 1.76 bits per heavy atom. The molecule has 2 aromatic rings. The van der Waals surface area contributed by atoms with E-state index in [2.05, 4.69) is 5.32 Å². The highest BCUT2D eigenvalue weighted by Gasteiger charge is 2.33. The van der Waals surface area contributed by atoms with Crippen molar-refractivity contribution in [3.63, 3.8) is 0 Å². The summed E-state index contributed by atoms with van der Waals surface area (Å²) in [7, 11) is -3.80. The second-order valence-corrected chi connectivity index (χ2v) is 12.5. The molecule has 2 amide bonds. The fraction of sp³-hybridized carbons (Fsp3) is 0.481. The van der Waals surface area contributed by atoms with E-state index in [9.17, 15) is 18.0 Å². The molecule has 202 valence electrons. The molecule has 10 heteroatoms. The number of anilines is 1. The van der Waals surface area contributed by atoms with Crippen LogP contribution in [0.1, 0.15) is 55.7 Å². The SMILES string of the molecule is CC[C@@H](C(=O)NC1CCCC1)N(Cc1ccc(Cl)cc1Cl)C(=O)CN(c1cc(C)ccc1C)S(C)(=O)=O. The fourth-order valence-electron chi connectivity index (χ4n) is 4.70. The Hall–Kier alpha value is -2.29. The summed E-state index contributed by atoms with van der Waals surface area (Å²) in [5, 5.41) is 3.91. The highest BCUT2D eigenvalue weighted by molar-refractivity contribution is 7.92. The zero-order valence-electron chi connectivity index (χ0n) is 21.8. The molecule has 0 saturated heterocycles. The Morgan fingerprint density at radius 3 is 2.35 bits per heavy atom. The number of aryl methyl sites for hydroxylation is 2. The van der Waals surface area contributed by atoms with Crippen LogP contribution >= 0.6 is 23.2 Å². The molecule has 37 heavy (non-hydrogen) atoms. The van der Waals surface area contributed by atoms with Gasteiger partial charge in [-0.1, -0.05) is 61.2 Å².